The fourth-order valence-corrected chi connectivity index (χ4v) is 5.03. The average Bonchev–Trinajstić information content (AvgIpc) is 3.33. The molecule has 0 aliphatic heterocycles. The zero-order valence-corrected chi connectivity index (χ0v) is 19.2. The van der Waals surface area contributed by atoms with Gasteiger partial charge in [-0.2, -0.15) is 5.10 Å². The monoisotopic (exact) mass is 474 g/mol. The molecule has 0 unspecified atom stereocenters. The number of nitrogens with zero attached hydrogens (tertiary/aromatic N) is 2. The molecule has 0 radical (unpaired) electrons. The fraction of sp³-hybridized carbons (Fsp3) is 0.308. The van der Waals surface area contributed by atoms with E-state index in [9.17, 15) is 19.5 Å². The van der Waals surface area contributed by atoms with Gasteiger partial charge < -0.3 is 20.5 Å². The van der Waals surface area contributed by atoms with Gasteiger partial charge in [0.2, 0.25) is 5.91 Å². The van der Waals surface area contributed by atoms with Crippen LogP contribution in [0.3, 0.4) is 0 Å². The average molecular weight is 475 g/mol. The summed E-state index contributed by atoms with van der Waals surface area (Å²) in [5, 5.41) is 18.5. The van der Waals surface area contributed by atoms with E-state index in [4.69, 9.17) is 4.74 Å². The van der Waals surface area contributed by atoms with Gasteiger partial charge in [0, 0.05) is 31.6 Å². The Hall–Kier alpha value is -4.14. The van der Waals surface area contributed by atoms with Gasteiger partial charge in [0.25, 0.3) is 0 Å². The minimum absolute atomic E-state index is 0.00848. The summed E-state index contributed by atoms with van der Waals surface area (Å²) in [4.78, 5) is 36.0. The number of rotatable bonds is 7. The van der Waals surface area contributed by atoms with Crippen LogP contribution < -0.4 is 10.6 Å². The number of aromatic nitrogens is 2. The molecular formula is C26H26N4O5. The summed E-state index contributed by atoms with van der Waals surface area (Å²) >= 11 is 0. The largest absolute Gasteiger partial charge is 0.476 e. The van der Waals surface area contributed by atoms with Gasteiger partial charge >= 0.3 is 12.1 Å². The summed E-state index contributed by atoms with van der Waals surface area (Å²) in [5.74, 6) is -1.35. The number of nitrogens with one attached hydrogen (secondary N) is 2. The summed E-state index contributed by atoms with van der Waals surface area (Å²) in [6.45, 7) is 0.259. The van der Waals surface area contributed by atoms with Gasteiger partial charge in [-0.1, -0.05) is 48.5 Å². The number of amides is 2. The van der Waals surface area contributed by atoms with Crippen molar-refractivity contribution in [3.05, 3.63) is 71.5 Å². The Labute approximate surface area is 202 Å². The fourth-order valence-electron chi connectivity index (χ4n) is 5.03. The van der Waals surface area contributed by atoms with E-state index in [2.05, 4.69) is 40.0 Å². The Balaban J connectivity index is 1.08. The number of hydrogen-bond donors (Lipinski definition) is 3. The lowest BCUT2D eigenvalue weighted by Crippen LogP contribution is -2.45. The van der Waals surface area contributed by atoms with Crippen molar-refractivity contribution in [3.63, 3.8) is 0 Å². The molecule has 1 aromatic heterocycles. The topological polar surface area (TPSA) is 123 Å². The van der Waals surface area contributed by atoms with Crippen LogP contribution in [0, 0.1) is 5.92 Å². The van der Waals surface area contributed by atoms with E-state index in [1.807, 2.05) is 24.3 Å². The van der Waals surface area contributed by atoms with Gasteiger partial charge in [-0.3, -0.25) is 9.48 Å². The van der Waals surface area contributed by atoms with Crippen molar-refractivity contribution in [2.24, 2.45) is 13.0 Å². The Morgan fingerprint density at radius 3 is 2.31 bits per heavy atom. The van der Waals surface area contributed by atoms with Gasteiger partial charge in [0.15, 0.2) is 5.69 Å². The van der Waals surface area contributed by atoms with Crippen LogP contribution >= 0.6 is 0 Å². The molecule has 35 heavy (non-hydrogen) atoms. The molecule has 9 heteroatoms. The zero-order valence-electron chi connectivity index (χ0n) is 19.2. The van der Waals surface area contributed by atoms with Gasteiger partial charge in [-0.05, 0) is 41.0 Å². The van der Waals surface area contributed by atoms with Gasteiger partial charge in [-0.25, -0.2) is 9.59 Å². The summed E-state index contributed by atoms with van der Waals surface area (Å²) in [6.07, 6.45) is 2.58. The van der Waals surface area contributed by atoms with Gasteiger partial charge in [0.05, 0.1) is 5.69 Å². The Morgan fingerprint density at radius 1 is 1.06 bits per heavy atom. The molecular weight excluding hydrogens is 448 g/mol. The number of carboxylic acid groups (broad SMARTS) is 1. The van der Waals surface area contributed by atoms with Crippen LogP contribution in [-0.2, 0) is 16.6 Å². The third-order valence-electron chi connectivity index (χ3n) is 6.68. The number of carbonyl (C=O) groups excluding carboxylic acids is 2. The summed E-state index contributed by atoms with van der Waals surface area (Å²) in [6, 6.07) is 16.3. The van der Waals surface area contributed by atoms with Crippen molar-refractivity contribution in [2.75, 3.05) is 11.9 Å². The Bertz CT molecular complexity index is 1250. The number of carbonyl (C=O) groups is 3. The maximum absolute atomic E-state index is 12.4. The number of ether oxygens (including phenoxy) is 1. The molecule has 2 amide bonds. The van der Waals surface area contributed by atoms with Crippen molar-refractivity contribution >= 4 is 23.7 Å². The smallest absolute Gasteiger partial charge is 0.407 e. The van der Waals surface area contributed by atoms with E-state index in [1.54, 1.807) is 7.05 Å². The first-order valence-electron chi connectivity index (χ1n) is 11.6. The molecule has 0 bridgehead atoms. The van der Waals surface area contributed by atoms with Crippen LogP contribution in [0.15, 0.2) is 54.7 Å². The number of aryl methyl sites for hydroxylation is 1. The molecule has 1 fully saturated rings. The molecule has 2 aromatic carbocycles. The molecule has 5 rings (SSSR count). The second-order valence-corrected chi connectivity index (χ2v) is 9.13. The molecule has 0 saturated heterocycles. The number of benzene rings is 2. The van der Waals surface area contributed by atoms with E-state index in [-0.39, 0.29) is 48.2 Å². The number of hydrogen-bond acceptors (Lipinski definition) is 5. The van der Waals surface area contributed by atoms with Crippen molar-refractivity contribution in [3.8, 4) is 11.1 Å². The van der Waals surface area contributed by atoms with Crippen LogP contribution in [-0.4, -0.2) is 45.5 Å². The summed E-state index contributed by atoms with van der Waals surface area (Å²) < 4.78 is 6.93. The van der Waals surface area contributed by atoms with Crippen molar-refractivity contribution in [1.29, 1.82) is 0 Å². The third kappa shape index (κ3) is 4.62. The van der Waals surface area contributed by atoms with E-state index < -0.39 is 12.1 Å². The number of fused-ring (bicyclic) bond motifs is 3. The van der Waals surface area contributed by atoms with Crippen LogP contribution in [0.4, 0.5) is 10.5 Å². The number of anilines is 1. The standard InChI is InChI=1S/C26H26N4O5/c1-30-13-22(24(29-30)25(32)33)28-23(31)12-15-10-16(11-15)27-26(34)35-14-21-19-8-4-2-6-17(19)18-7-3-5-9-20(18)21/h2-9,13,15-16,21H,10-12,14H2,1H3,(H,27,34)(H,28,31)(H,32,33). The SMILES string of the molecule is Cn1cc(NC(=O)CC2CC(NC(=O)OCC3c4ccccc4-c4ccccc43)C2)c(C(=O)O)n1. The predicted octanol–water partition coefficient (Wildman–Crippen LogP) is 3.76. The van der Waals surface area contributed by atoms with Gasteiger partial charge in [-0.15, -0.1) is 0 Å². The molecule has 0 spiro atoms. The first-order valence-corrected chi connectivity index (χ1v) is 11.6. The van der Waals surface area contributed by atoms with Crippen LogP contribution in [0.2, 0.25) is 0 Å². The molecule has 1 saturated carbocycles. The van der Waals surface area contributed by atoms with E-state index in [0.29, 0.717) is 12.8 Å². The molecule has 180 valence electrons. The first-order chi connectivity index (χ1) is 16.9. The number of alkyl carbamates (subject to hydrolysis) is 1. The third-order valence-corrected chi connectivity index (χ3v) is 6.68. The van der Waals surface area contributed by atoms with Crippen molar-refractivity contribution < 1.29 is 24.2 Å². The summed E-state index contributed by atoms with van der Waals surface area (Å²) in [7, 11) is 1.59. The van der Waals surface area contributed by atoms with Crippen molar-refractivity contribution in [2.45, 2.75) is 31.2 Å². The Morgan fingerprint density at radius 2 is 1.69 bits per heavy atom. The molecule has 3 N–H and O–H groups in total. The molecule has 9 nitrogen and oxygen atoms in total. The lowest BCUT2D eigenvalue weighted by Gasteiger charge is -2.35. The normalized spacial score (nSPS) is 18.2. The second-order valence-electron chi connectivity index (χ2n) is 9.13. The lowest BCUT2D eigenvalue weighted by atomic mass is 9.78. The molecule has 1 heterocycles. The molecule has 0 atom stereocenters. The highest BCUT2D eigenvalue weighted by atomic mass is 16.5. The van der Waals surface area contributed by atoms with Crippen LogP contribution in [0.25, 0.3) is 11.1 Å². The van der Waals surface area contributed by atoms with Crippen LogP contribution in [0.5, 0.6) is 0 Å². The molecule has 2 aliphatic carbocycles. The highest BCUT2D eigenvalue weighted by Gasteiger charge is 2.33. The predicted molar refractivity (Wildman–Crippen MR) is 128 cm³/mol. The summed E-state index contributed by atoms with van der Waals surface area (Å²) in [5.41, 5.74) is 4.67. The van der Waals surface area contributed by atoms with E-state index >= 15 is 0 Å². The second kappa shape index (κ2) is 9.25. The first kappa shape index (κ1) is 22.6. The highest BCUT2D eigenvalue weighted by Crippen LogP contribution is 2.44. The van der Waals surface area contributed by atoms with Crippen LogP contribution in [0.1, 0.15) is 46.8 Å². The number of carboxylic acids is 1. The van der Waals surface area contributed by atoms with E-state index in [1.165, 1.54) is 22.0 Å². The van der Waals surface area contributed by atoms with Crippen molar-refractivity contribution in [1.82, 2.24) is 15.1 Å². The Kier molecular flexibility index (Phi) is 5.98. The minimum Gasteiger partial charge on any atom is -0.476 e. The van der Waals surface area contributed by atoms with Gasteiger partial charge in [0.1, 0.15) is 6.61 Å². The molecule has 3 aromatic rings. The maximum atomic E-state index is 12.4. The lowest BCUT2D eigenvalue weighted by molar-refractivity contribution is -0.117. The zero-order chi connectivity index (χ0) is 24.5. The maximum Gasteiger partial charge on any atom is 0.407 e. The van der Waals surface area contributed by atoms with E-state index in [0.717, 1.165) is 11.1 Å². The highest BCUT2D eigenvalue weighted by molar-refractivity contribution is 5.99. The minimum atomic E-state index is -1.20. The quantitative estimate of drug-likeness (QED) is 0.479. The molecule has 2 aliphatic rings. The number of aromatic carboxylic acids is 1.